The van der Waals surface area contributed by atoms with Crippen LogP contribution in [0.1, 0.15) is 19.8 Å². The van der Waals surface area contributed by atoms with Crippen molar-refractivity contribution in [1.29, 1.82) is 0 Å². The molecule has 0 saturated heterocycles. The molecule has 0 aliphatic carbocycles. The van der Waals surface area contributed by atoms with Crippen LogP contribution in [0, 0.1) is 12.3 Å². The lowest BCUT2D eigenvalue weighted by Crippen LogP contribution is -2.28. The molecule has 1 atom stereocenters. The predicted octanol–water partition coefficient (Wildman–Crippen LogP) is 2.13. The molecule has 0 aromatic heterocycles. The topological polar surface area (TPSA) is 12.0 Å². The molecule has 0 aliphatic rings. The van der Waals surface area contributed by atoms with E-state index in [4.69, 9.17) is 18.0 Å². The second kappa shape index (κ2) is 6.27. The molecule has 0 heterocycles. The Bertz CT molecular complexity index is 157. The average molecular weight is 172 g/mol. The van der Waals surface area contributed by atoms with Crippen molar-refractivity contribution in [3.05, 3.63) is 11.6 Å². The van der Waals surface area contributed by atoms with Gasteiger partial charge in [-0.1, -0.05) is 25.1 Å². The molecule has 0 saturated carbocycles. The van der Waals surface area contributed by atoms with E-state index in [1.807, 2.05) is 0 Å². The summed E-state index contributed by atoms with van der Waals surface area (Å²) >= 11 is 5.57. The van der Waals surface area contributed by atoms with E-state index in [1.54, 1.807) is 0 Å². The summed E-state index contributed by atoms with van der Waals surface area (Å²) in [6.45, 7) is 6.30. The molecule has 0 fully saturated rings. The highest BCUT2D eigenvalue weighted by Gasteiger charge is 2.02. The zero-order chi connectivity index (χ0) is 8.69. The number of nitrogens with one attached hydrogen (secondary N) is 1. The Morgan fingerprint density at radius 2 is 2.45 bits per heavy atom. The van der Waals surface area contributed by atoms with Gasteiger partial charge in [-0.2, -0.15) is 0 Å². The molecular formula is C9H14ClN. The van der Waals surface area contributed by atoms with E-state index in [1.165, 1.54) is 0 Å². The van der Waals surface area contributed by atoms with Crippen molar-refractivity contribution in [2.75, 3.05) is 6.54 Å². The van der Waals surface area contributed by atoms with E-state index in [0.717, 1.165) is 12.8 Å². The molecular weight excluding hydrogens is 158 g/mol. The maximum absolute atomic E-state index is 5.57. The van der Waals surface area contributed by atoms with Crippen LogP contribution < -0.4 is 5.32 Å². The van der Waals surface area contributed by atoms with Gasteiger partial charge in [0.05, 0.1) is 0 Å². The zero-order valence-electron chi connectivity index (χ0n) is 6.86. The minimum absolute atomic E-state index is 0.371. The lowest BCUT2D eigenvalue weighted by molar-refractivity contribution is 0.534. The Labute approximate surface area is 73.8 Å². The van der Waals surface area contributed by atoms with Crippen LogP contribution in [-0.2, 0) is 0 Å². The van der Waals surface area contributed by atoms with Crippen LogP contribution in [0.5, 0.6) is 0 Å². The third kappa shape index (κ3) is 5.97. The van der Waals surface area contributed by atoms with Crippen LogP contribution >= 0.6 is 11.6 Å². The number of terminal acetylenes is 1. The van der Waals surface area contributed by atoms with Crippen molar-refractivity contribution >= 4 is 11.6 Å². The van der Waals surface area contributed by atoms with Crippen molar-refractivity contribution in [1.82, 2.24) is 5.32 Å². The van der Waals surface area contributed by atoms with E-state index in [0.29, 0.717) is 17.6 Å². The summed E-state index contributed by atoms with van der Waals surface area (Å²) in [4.78, 5) is 0. The minimum atomic E-state index is 0.371. The maximum atomic E-state index is 5.57. The Kier molecular flexibility index (Phi) is 6.02. The van der Waals surface area contributed by atoms with Crippen LogP contribution in [-0.4, -0.2) is 12.6 Å². The Hall–Kier alpha value is -0.450. The molecule has 1 unspecified atom stereocenters. The first kappa shape index (κ1) is 10.6. The summed E-state index contributed by atoms with van der Waals surface area (Å²) < 4.78 is 0. The molecule has 0 aliphatic heterocycles. The Morgan fingerprint density at radius 3 is 2.82 bits per heavy atom. The number of hydrogen-bond acceptors (Lipinski definition) is 1. The van der Waals surface area contributed by atoms with Gasteiger partial charge in [0.25, 0.3) is 0 Å². The first-order valence-corrected chi connectivity index (χ1v) is 4.08. The number of rotatable bonds is 5. The van der Waals surface area contributed by atoms with Gasteiger partial charge in [0.1, 0.15) is 0 Å². The van der Waals surface area contributed by atoms with E-state index in [2.05, 4.69) is 24.7 Å². The fourth-order valence-corrected chi connectivity index (χ4v) is 0.835. The molecule has 11 heavy (non-hydrogen) atoms. The summed E-state index contributed by atoms with van der Waals surface area (Å²) in [5.41, 5.74) is 0. The first-order valence-electron chi connectivity index (χ1n) is 3.70. The molecule has 1 N–H and O–H groups in total. The van der Waals surface area contributed by atoms with Crippen LogP contribution in [0.25, 0.3) is 0 Å². The maximum Gasteiger partial charge on any atom is 0.0310 e. The van der Waals surface area contributed by atoms with Crippen molar-refractivity contribution in [3.63, 3.8) is 0 Å². The van der Waals surface area contributed by atoms with Crippen LogP contribution in [0.4, 0.5) is 0 Å². The molecule has 1 nitrogen and oxygen atoms in total. The molecule has 62 valence electrons. The van der Waals surface area contributed by atoms with E-state index in [-0.39, 0.29) is 0 Å². The van der Waals surface area contributed by atoms with Crippen molar-refractivity contribution in [3.8, 4) is 12.3 Å². The molecule has 2 heteroatoms. The van der Waals surface area contributed by atoms with Gasteiger partial charge in [-0.05, 0) is 6.42 Å². The van der Waals surface area contributed by atoms with Crippen LogP contribution in [0.15, 0.2) is 11.6 Å². The minimum Gasteiger partial charge on any atom is -0.308 e. The van der Waals surface area contributed by atoms with E-state index < -0.39 is 0 Å². The van der Waals surface area contributed by atoms with E-state index in [9.17, 15) is 0 Å². The second-order valence-corrected chi connectivity index (χ2v) is 2.95. The lowest BCUT2D eigenvalue weighted by Gasteiger charge is -2.12. The second-order valence-electron chi connectivity index (χ2n) is 2.41. The predicted molar refractivity (Wildman–Crippen MR) is 50.5 cm³/mol. The SMILES string of the molecule is C#CCC(CC)NCC(=C)Cl. The fourth-order valence-electron chi connectivity index (χ4n) is 0.758. The van der Waals surface area contributed by atoms with Crippen LogP contribution in [0.2, 0.25) is 0 Å². The van der Waals surface area contributed by atoms with Crippen LogP contribution in [0.3, 0.4) is 0 Å². The molecule has 0 radical (unpaired) electrons. The van der Waals surface area contributed by atoms with Gasteiger partial charge in [0, 0.05) is 24.0 Å². The normalized spacial score (nSPS) is 12.1. The average Bonchev–Trinajstić information content (AvgIpc) is 1.97. The smallest absolute Gasteiger partial charge is 0.0310 e. The zero-order valence-corrected chi connectivity index (χ0v) is 7.62. The summed E-state index contributed by atoms with van der Waals surface area (Å²) in [7, 11) is 0. The largest absolute Gasteiger partial charge is 0.308 e. The number of halogens is 1. The van der Waals surface area contributed by atoms with Gasteiger partial charge < -0.3 is 5.32 Å². The van der Waals surface area contributed by atoms with Crippen molar-refractivity contribution < 1.29 is 0 Å². The Morgan fingerprint density at radius 1 is 1.82 bits per heavy atom. The molecule has 0 amide bonds. The monoisotopic (exact) mass is 171 g/mol. The molecule has 0 aromatic rings. The highest BCUT2D eigenvalue weighted by molar-refractivity contribution is 6.29. The summed E-state index contributed by atoms with van der Waals surface area (Å²) in [6, 6.07) is 0.371. The van der Waals surface area contributed by atoms with Gasteiger partial charge in [0.15, 0.2) is 0 Å². The molecule has 0 aromatic carbocycles. The van der Waals surface area contributed by atoms with Gasteiger partial charge >= 0.3 is 0 Å². The quantitative estimate of drug-likeness (QED) is 0.625. The summed E-state index contributed by atoms with van der Waals surface area (Å²) in [5.74, 6) is 2.61. The van der Waals surface area contributed by atoms with Gasteiger partial charge in [-0.3, -0.25) is 0 Å². The number of hydrogen-bond donors (Lipinski definition) is 1. The standard InChI is InChI=1S/C9H14ClN/c1-4-6-9(5-2)11-7-8(3)10/h1,9,11H,3,5-7H2,2H3. The van der Waals surface area contributed by atoms with E-state index >= 15 is 0 Å². The van der Waals surface area contributed by atoms with Crippen molar-refractivity contribution in [2.24, 2.45) is 0 Å². The summed E-state index contributed by atoms with van der Waals surface area (Å²) in [5, 5.41) is 3.82. The lowest BCUT2D eigenvalue weighted by atomic mass is 10.1. The third-order valence-electron chi connectivity index (χ3n) is 1.44. The van der Waals surface area contributed by atoms with Gasteiger partial charge in [-0.25, -0.2) is 0 Å². The highest BCUT2D eigenvalue weighted by Crippen LogP contribution is 1.99. The van der Waals surface area contributed by atoms with Gasteiger partial charge in [0.2, 0.25) is 0 Å². The Balaban J connectivity index is 3.53. The summed E-state index contributed by atoms with van der Waals surface area (Å²) in [6.07, 6.45) is 6.94. The molecule has 0 rings (SSSR count). The van der Waals surface area contributed by atoms with Crippen molar-refractivity contribution in [2.45, 2.75) is 25.8 Å². The van der Waals surface area contributed by atoms with Gasteiger partial charge in [-0.15, -0.1) is 12.3 Å². The molecule has 0 bridgehead atoms. The molecule has 0 spiro atoms. The highest BCUT2D eigenvalue weighted by atomic mass is 35.5. The third-order valence-corrected chi connectivity index (χ3v) is 1.57. The first-order chi connectivity index (χ1) is 5.20. The fraction of sp³-hybridized carbons (Fsp3) is 0.556.